The summed E-state index contributed by atoms with van der Waals surface area (Å²) < 4.78 is 8.42. The molecule has 1 aromatic heterocycles. The van der Waals surface area contributed by atoms with Crippen molar-refractivity contribution in [2.45, 2.75) is 124 Å². The topological polar surface area (TPSA) is 42.2 Å². The van der Waals surface area contributed by atoms with Gasteiger partial charge in [-0.1, -0.05) is 122 Å². The van der Waals surface area contributed by atoms with Gasteiger partial charge in [0, 0.05) is 22.4 Å². The highest BCUT2D eigenvalue weighted by Gasteiger charge is 2.21. The van der Waals surface area contributed by atoms with Crippen LogP contribution in [0.15, 0.2) is 54.2 Å². The van der Waals surface area contributed by atoms with Crippen molar-refractivity contribution >= 4 is 22.9 Å². The number of hydrogen-bond acceptors (Lipinski definition) is 3. The number of amides is 1. The van der Waals surface area contributed by atoms with Gasteiger partial charge in [-0.15, -0.1) is 0 Å². The molecule has 0 unspecified atom stereocenters. The molecule has 0 saturated carbocycles. The first-order valence-corrected chi connectivity index (χ1v) is 16.8. The zero-order valence-corrected chi connectivity index (χ0v) is 29.0. The van der Waals surface area contributed by atoms with Crippen LogP contribution in [0.25, 0.3) is 0 Å². The maximum absolute atomic E-state index is 13.1. The molecule has 1 heterocycles. The lowest BCUT2D eigenvalue weighted by Gasteiger charge is -2.23. The van der Waals surface area contributed by atoms with Crippen LogP contribution >= 0.6 is 11.3 Å². The number of aromatic nitrogens is 1. The molecular weight excluding hydrogens is 604 g/mol. The van der Waals surface area contributed by atoms with Crippen LogP contribution in [0.5, 0.6) is 5.75 Å². The molecule has 6 heteroatoms. The van der Waals surface area contributed by atoms with E-state index in [-0.39, 0.29) is 28.3 Å². The van der Waals surface area contributed by atoms with E-state index in [4.69, 9.17) is 4.74 Å². The SMILES string of the molecule is CCCCCCCCCCCCCCOc1ccc(C(=O)Nc2ccc(C[n+]3csc(C)c3)cc2)cc1C(C)(C)C.[Br-]. The predicted molar refractivity (Wildman–Crippen MR) is 174 cm³/mol. The summed E-state index contributed by atoms with van der Waals surface area (Å²) in [6.07, 6.45) is 18.2. The van der Waals surface area contributed by atoms with Crippen LogP contribution in [0.3, 0.4) is 0 Å². The molecule has 0 fully saturated rings. The second-order valence-corrected chi connectivity index (χ2v) is 13.6. The van der Waals surface area contributed by atoms with Gasteiger partial charge in [0.25, 0.3) is 5.91 Å². The summed E-state index contributed by atoms with van der Waals surface area (Å²) in [6, 6.07) is 13.9. The Morgan fingerprint density at radius 3 is 2.00 bits per heavy atom. The van der Waals surface area contributed by atoms with Crippen molar-refractivity contribution in [1.82, 2.24) is 0 Å². The summed E-state index contributed by atoms with van der Waals surface area (Å²) in [5.74, 6) is 0.793. The normalized spacial score (nSPS) is 11.3. The molecule has 0 saturated heterocycles. The maximum atomic E-state index is 13.1. The Hall–Kier alpha value is -2.18. The van der Waals surface area contributed by atoms with E-state index in [1.807, 2.05) is 30.3 Å². The van der Waals surface area contributed by atoms with E-state index in [9.17, 15) is 4.79 Å². The molecule has 1 N–H and O–H groups in total. The van der Waals surface area contributed by atoms with E-state index in [1.54, 1.807) is 11.3 Å². The maximum Gasteiger partial charge on any atom is 0.255 e. The van der Waals surface area contributed by atoms with Gasteiger partial charge < -0.3 is 27.0 Å². The number of carbonyl (C=O) groups excluding carboxylic acids is 1. The van der Waals surface area contributed by atoms with Gasteiger partial charge >= 0.3 is 0 Å². The molecule has 0 atom stereocenters. The summed E-state index contributed by atoms with van der Waals surface area (Å²) in [6.45, 7) is 12.5. The van der Waals surface area contributed by atoms with Gasteiger partial charge in [0.2, 0.25) is 5.51 Å². The molecule has 0 bridgehead atoms. The fourth-order valence-electron chi connectivity index (χ4n) is 5.14. The minimum Gasteiger partial charge on any atom is -1.00 e. The molecule has 42 heavy (non-hydrogen) atoms. The monoisotopic (exact) mass is 656 g/mol. The van der Waals surface area contributed by atoms with Crippen LogP contribution in [0.2, 0.25) is 0 Å². The van der Waals surface area contributed by atoms with Crippen molar-refractivity contribution in [3.8, 4) is 5.75 Å². The minimum absolute atomic E-state index is 0. The quantitative estimate of drug-likeness (QED) is 0.118. The van der Waals surface area contributed by atoms with Crippen molar-refractivity contribution in [3.05, 3.63) is 75.7 Å². The van der Waals surface area contributed by atoms with Crippen LogP contribution in [0.4, 0.5) is 5.69 Å². The van der Waals surface area contributed by atoms with E-state index in [1.165, 1.54) is 81.1 Å². The number of unbranched alkanes of at least 4 members (excludes halogenated alkanes) is 11. The number of nitrogens with one attached hydrogen (secondary N) is 1. The number of hydrogen-bond donors (Lipinski definition) is 1. The van der Waals surface area contributed by atoms with Crippen molar-refractivity contribution in [2.75, 3.05) is 11.9 Å². The molecule has 1 amide bonds. The highest BCUT2D eigenvalue weighted by atomic mass is 79.9. The van der Waals surface area contributed by atoms with Crippen molar-refractivity contribution in [1.29, 1.82) is 0 Å². The van der Waals surface area contributed by atoms with Crippen LogP contribution in [-0.4, -0.2) is 12.5 Å². The standard InChI is InChI=1S/C36H52N2O2S.BrH/c1-6-7-8-9-10-11-12-13-14-15-16-17-24-40-34-23-20-31(25-33(34)36(3,4)5)35(39)37-32-21-18-30(19-22-32)27-38-26-29(2)41-28-38;/h18-23,25-26,28H,6-17,24,27H2,1-5H3;1H. The highest BCUT2D eigenvalue weighted by molar-refractivity contribution is 7.09. The fourth-order valence-corrected chi connectivity index (χ4v) is 5.78. The van der Waals surface area contributed by atoms with Gasteiger partial charge in [-0.05, 0) is 49.1 Å². The Morgan fingerprint density at radius 2 is 1.45 bits per heavy atom. The van der Waals surface area contributed by atoms with Crippen LogP contribution in [-0.2, 0) is 12.0 Å². The van der Waals surface area contributed by atoms with E-state index >= 15 is 0 Å². The number of rotatable bonds is 18. The third kappa shape index (κ3) is 13.0. The van der Waals surface area contributed by atoms with Gasteiger partial charge in [-0.25, -0.2) is 0 Å². The zero-order chi connectivity index (χ0) is 29.5. The molecule has 0 radical (unpaired) electrons. The summed E-state index contributed by atoms with van der Waals surface area (Å²) in [5, 5.41) is 3.06. The third-order valence-electron chi connectivity index (χ3n) is 7.60. The Bertz CT molecular complexity index is 1180. The average molecular weight is 658 g/mol. The van der Waals surface area contributed by atoms with E-state index < -0.39 is 0 Å². The number of nitrogens with zero attached hydrogens (tertiary/aromatic N) is 1. The minimum atomic E-state index is -0.124. The molecular formula is C36H53BrN2O2S. The molecule has 0 aliphatic carbocycles. The molecule has 0 aliphatic heterocycles. The molecule has 232 valence electrons. The molecule has 3 aromatic rings. The smallest absolute Gasteiger partial charge is 0.255 e. The van der Waals surface area contributed by atoms with E-state index in [0.717, 1.165) is 36.6 Å². The average Bonchev–Trinajstić information content (AvgIpc) is 3.36. The lowest BCUT2D eigenvalue weighted by Crippen LogP contribution is -3.00. The second-order valence-electron chi connectivity index (χ2n) is 12.5. The number of aryl methyl sites for hydroxylation is 1. The summed E-state index contributed by atoms with van der Waals surface area (Å²) in [4.78, 5) is 14.4. The van der Waals surface area contributed by atoms with Gasteiger partial charge in [0.1, 0.15) is 5.75 Å². The lowest BCUT2D eigenvalue weighted by molar-refractivity contribution is -0.683. The Kier molecular flexibility index (Phi) is 16.4. The first-order chi connectivity index (χ1) is 19.8. The van der Waals surface area contributed by atoms with Crippen LogP contribution < -0.4 is 31.6 Å². The largest absolute Gasteiger partial charge is 1.00 e. The molecule has 3 rings (SSSR count). The van der Waals surface area contributed by atoms with E-state index in [2.05, 4.69) is 68.3 Å². The summed E-state index contributed by atoms with van der Waals surface area (Å²) in [5.41, 5.74) is 5.74. The van der Waals surface area contributed by atoms with Crippen molar-refractivity contribution in [2.24, 2.45) is 0 Å². The fraction of sp³-hybridized carbons (Fsp3) is 0.556. The van der Waals surface area contributed by atoms with Gasteiger partial charge in [-0.3, -0.25) is 4.79 Å². The number of halogens is 1. The number of anilines is 1. The van der Waals surface area contributed by atoms with E-state index in [0.29, 0.717) is 5.56 Å². The Morgan fingerprint density at radius 1 is 0.857 bits per heavy atom. The Labute approximate surface area is 270 Å². The predicted octanol–water partition coefficient (Wildman–Crippen LogP) is 7.03. The van der Waals surface area contributed by atoms with Crippen LogP contribution in [0.1, 0.15) is 131 Å². The zero-order valence-electron chi connectivity index (χ0n) is 26.6. The molecule has 0 aliphatic rings. The molecule has 0 spiro atoms. The second kappa shape index (κ2) is 19.2. The lowest BCUT2D eigenvalue weighted by atomic mass is 9.85. The molecule has 4 nitrogen and oxygen atoms in total. The first-order valence-electron chi connectivity index (χ1n) is 15.9. The van der Waals surface area contributed by atoms with Crippen LogP contribution in [0, 0.1) is 6.92 Å². The van der Waals surface area contributed by atoms with Crippen molar-refractivity contribution in [3.63, 3.8) is 0 Å². The third-order valence-corrected chi connectivity index (χ3v) is 8.46. The summed E-state index contributed by atoms with van der Waals surface area (Å²) >= 11 is 1.75. The number of carbonyl (C=O) groups is 1. The molecule has 2 aromatic carbocycles. The summed E-state index contributed by atoms with van der Waals surface area (Å²) in [7, 11) is 0. The number of thiazole rings is 1. The Balaban J connectivity index is 0.00000616. The van der Waals surface area contributed by atoms with Crippen molar-refractivity contribution < 1.29 is 31.1 Å². The number of benzene rings is 2. The first kappa shape index (κ1) is 36.0. The van der Waals surface area contributed by atoms with Gasteiger partial charge in [0.15, 0.2) is 12.7 Å². The van der Waals surface area contributed by atoms with Gasteiger partial charge in [-0.2, -0.15) is 4.57 Å². The number of ether oxygens (including phenoxy) is 1. The highest BCUT2D eigenvalue weighted by Crippen LogP contribution is 2.33. The van der Waals surface area contributed by atoms with Gasteiger partial charge in [0.05, 0.1) is 11.5 Å².